The van der Waals surface area contributed by atoms with Crippen LogP contribution in [0.1, 0.15) is 11.1 Å². The molecular weight excluding hydrogens is 339 g/mol. The van der Waals surface area contributed by atoms with Gasteiger partial charge in [-0.2, -0.15) is 0 Å². The summed E-state index contributed by atoms with van der Waals surface area (Å²) in [6, 6.07) is 6.82. The highest BCUT2D eigenvalue weighted by Crippen LogP contribution is 2.32. The second-order valence-corrected chi connectivity index (χ2v) is 5.56. The number of benzene rings is 2. The van der Waals surface area contributed by atoms with E-state index in [0.717, 1.165) is 11.6 Å². The molecule has 2 aromatic carbocycles. The van der Waals surface area contributed by atoms with Crippen LogP contribution < -0.4 is 10.1 Å². The zero-order valence-corrected chi connectivity index (χ0v) is 13.7. The maximum Gasteiger partial charge on any atom is 0.311 e. The number of carbonyl (C=O) groups excluding carboxylic acids is 1. The first-order valence-electron chi connectivity index (χ1n) is 6.91. The van der Waals surface area contributed by atoms with Crippen LogP contribution in [0, 0.1) is 29.8 Å². The number of amides is 1. The van der Waals surface area contributed by atoms with Crippen molar-refractivity contribution in [1.82, 2.24) is 0 Å². The van der Waals surface area contributed by atoms with E-state index in [9.17, 15) is 19.3 Å². The number of halogens is 2. The van der Waals surface area contributed by atoms with E-state index >= 15 is 0 Å². The summed E-state index contributed by atoms with van der Waals surface area (Å²) in [6.45, 7) is 2.96. The summed E-state index contributed by atoms with van der Waals surface area (Å²) in [5.41, 5.74) is 1.37. The average molecular weight is 353 g/mol. The van der Waals surface area contributed by atoms with E-state index < -0.39 is 23.3 Å². The molecule has 0 saturated heterocycles. The van der Waals surface area contributed by atoms with E-state index in [4.69, 9.17) is 16.3 Å². The third kappa shape index (κ3) is 4.20. The van der Waals surface area contributed by atoms with Crippen LogP contribution in [0.5, 0.6) is 5.75 Å². The summed E-state index contributed by atoms with van der Waals surface area (Å²) in [4.78, 5) is 22.4. The minimum atomic E-state index is -0.600. The average Bonchev–Trinajstić information content (AvgIpc) is 2.49. The first-order chi connectivity index (χ1) is 11.3. The SMILES string of the molecule is Cc1cc(C)c(OCC(=O)Nc2ccc(F)c(Cl)c2)c([N+](=O)[O-])c1. The predicted octanol–water partition coefficient (Wildman–Crippen LogP) is 4.02. The summed E-state index contributed by atoms with van der Waals surface area (Å²) >= 11 is 5.63. The fourth-order valence-corrected chi connectivity index (χ4v) is 2.34. The maximum atomic E-state index is 13.1. The molecule has 2 rings (SSSR count). The first-order valence-corrected chi connectivity index (χ1v) is 7.29. The van der Waals surface area contributed by atoms with Crippen LogP contribution in [0.2, 0.25) is 5.02 Å². The van der Waals surface area contributed by atoms with Gasteiger partial charge in [0.15, 0.2) is 6.61 Å². The number of ether oxygens (including phenoxy) is 1. The molecule has 6 nitrogen and oxygen atoms in total. The van der Waals surface area contributed by atoms with E-state index in [1.165, 1.54) is 18.2 Å². The van der Waals surface area contributed by atoms with Crippen LogP contribution in [0.4, 0.5) is 15.8 Å². The minimum absolute atomic E-state index is 0.0397. The molecule has 0 aliphatic heterocycles. The highest BCUT2D eigenvalue weighted by atomic mass is 35.5. The number of hydrogen-bond donors (Lipinski definition) is 1. The zero-order valence-electron chi connectivity index (χ0n) is 12.9. The van der Waals surface area contributed by atoms with Crippen LogP contribution in [-0.4, -0.2) is 17.4 Å². The van der Waals surface area contributed by atoms with Crippen molar-refractivity contribution >= 4 is 28.9 Å². The van der Waals surface area contributed by atoms with Gasteiger partial charge in [-0.15, -0.1) is 0 Å². The smallest absolute Gasteiger partial charge is 0.311 e. The number of hydrogen-bond acceptors (Lipinski definition) is 4. The number of nitro groups is 1. The monoisotopic (exact) mass is 352 g/mol. The van der Waals surface area contributed by atoms with Gasteiger partial charge in [0.05, 0.1) is 9.95 Å². The number of nitro benzene ring substituents is 1. The van der Waals surface area contributed by atoms with Crippen molar-refractivity contribution in [2.24, 2.45) is 0 Å². The molecule has 126 valence electrons. The van der Waals surface area contributed by atoms with Gasteiger partial charge < -0.3 is 10.1 Å². The Labute approximate surface area is 142 Å². The highest BCUT2D eigenvalue weighted by Gasteiger charge is 2.19. The first kappa shape index (κ1) is 17.7. The van der Waals surface area contributed by atoms with E-state index in [1.54, 1.807) is 19.9 Å². The molecule has 24 heavy (non-hydrogen) atoms. The van der Waals surface area contributed by atoms with E-state index in [1.807, 2.05) is 0 Å². The van der Waals surface area contributed by atoms with Gasteiger partial charge in [0.25, 0.3) is 5.91 Å². The Balaban J connectivity index is 2.09. The molecule has 0 saturated carbocycles. The lowest BCUT2D eigenvalue weighted by Gasteiger charge is -2.11. The van der Waals surface area contributed by atoms with Gasteiger partial charge >= 0.3 is 5.69 Å². The van der Waals surface area contributed by atoms with Crippen LogP contribution in [0.15, 0.2) is 30.3 Å². The largest absolute Gasteiger partial charge is 0.477 e. The fraction of sp³-hybridized carbons (Fsp3) is 0.188. The molecule has 0 heterocycles. The number of anilines is 1. The van der Waals surface area contributed by atoms with Gasteiger partial charge in [0.2, 0.25) is 5.75 Å². The molecule has 0 radical (unpaired) electrons. The van der Waals surface area contributed by atoms with Crippen molar-refractivity contribution in [2.45, 2.75) is 13.8 Å². The molecule has 0 aromatic heterocycles. The van der Waals surface area contributed by atoms with Crippen molar-refractivity contribution in [3.05, 3.63) is 62.4 Å². The van der Waals surface area contributed by atoms with Gasteiger partial charge in [-0.25, -0.2) is 4.39 Å². The fourth-order valence-electron chi connectivity index (χ4n) is 2.16. The Morgan fingerprint density at radius 1 is 1.33 bits per heavy atom. The summed E-state index contributed by atoms with van der Waals surface area (Å²) in [6.07, 6.45) is 0. The molecule has 1 N–H and O–H groups in total. The Bertz CT molecular complexity index is 811. The molecule has 0 aliphatic rings. The normalized spacial score (nSPS) is 10.3. The highest BCUT2D eigenvalue weighted by molar-refractivity contribution is 6.31. The van der Waals surface area contributed by atoms with Crippen molar-refractivity contribution in [3.63, 3.8) is 0 Å². The molecule has 0 aliphatic carbocycles. The number of rotatable bonds is 5. The summed E-state index contributed by atoms with van der Waals surface area (Å²) in [7, 11) is 0. The third-order valence-electron chi connectivity index (χ3n) is 3.15. The molecule has 0 unspecified atom stereocenters. The standard InChI is InChI=1S/C16H14ClFN2O4/c1-9-5-10(2)16(14(6-9)20(22)23)24-8-15(21)19-11-3-4-13(18)12(17)7-11/h3-7H,8H2,1-2H3,(H,19,21). The predicted molar refractivity (Wildman–Crippen MR) is 88.1 cm³/mol. The Kier molecular flexibility index (Phi) is 5.35. The molecule has 0 bridgehead atoms. The Morgan fingerprint density at radius 2 is 2.04 bits per heavy atom. The molecule has 1 amide bonds. The summed E-state index contributed by atoms with van der Waals surface area (Å²) in [5, 5.41) is 13.5. The van der Waals surface area contributed by atoms with Crippen LogP contribution in [0.3, 0.4) is 0 Å². The molecule has 0 fully saturated rings. The summed E-state index contributed by atoms with van der Waals surface area (Å²) in [5.74, 6) is -1.11. The maximum absolute atomic E-state index is 13.1. The minimum Gasteiger partial charge on any atom is -0.477 e. The second-order valence-electron chi connectivity index (χ2n) is 5.15. The van der Waals surface area contributed by atoms with Crippen LogP contribution in [-0.2, 0) is 4.79 Å². The Hall–Kier alpha value is -2.67. The van der Waals surface area contributed by atoms with Crippen molar-refractivity contribution in [3.8, 4) is 5.75 Å². The van der Waals surface area contributed by atoms with Crippen molar-refractivity contribution in [2.75, 3.05) is 11.9 Å². The van der Waals surface area contributed by atoms with Crippen LogP contribution >= 0.6 is 11.6 Å². The lowest BCUT2D eigenvalue weighted by atomic mass is 10.1. The molecule has 0 spiro atoms. The van der Waals surface area contributed by atoms with Crippen molar-refractivity contribution in [1.29, 1.82) is 0 Å². The number of nitrogens with zero attached hydrogens (tertiary/aromatic N) is 1. The molecule has 0 atom stereocenters. The number of nitrogens with one attached hydrogen (secondary N) is 1. The van der Waals surface area contributed by atoms with Crippen molar-refractivity contribution < 1.29 is 18.8 Å². The van der Waals surface area contributed by atoms with E-state index in [2.05, 4.69) is 5.32 Å². The lowest BCUT2D eigenvalue weighted by molar-refractivity contribution is -0.385. The van der Waals surface area contributed by atoms with Gasteiger partial charge in [-0.3, -0.25) is 14.9 Å². The molecule has 8 heteroatoms. The van der Waals surface area contributed by atoms with Gasteiger partial charge in [0.1, 0.15) is 5.82 Å². The van der Waals surface area contributed by atoms with Gasteiger partial charge in [0, 0.05) is 11.8 Å². The lowest BCUT2D eigenvalue weighted by Crippen LogP contribution is -2.20. The summed E-state index contributed by atoms with van der Waals surface area (Å²) < 4.78 is 18.4. The quantitative estimate of drug-likeness (QED) is 0.650. The number of aryl methyl sites for hydroxylation is 2. The Morgan fingerprint density at radius 3 is 2.67 bits per heavy atom. The molecular formula is C16H14ClFN2O4. The second kappa shape index (κ2) is 7.27. The van der Waals surface area contributed by atoms with Gasteiger partial charge in [-0.05, 0) is 43.2 Å². The van der Waals surface area contributed by atoms with Crippen LogP contribution in [0.25, 0.3) is 0 Å². The van der Waals surface area contributed by atoms with E-state index in [-0.39, 0.29) is 16.5 Å². The van der Waals surface area contributed by atoms with E-state index in [0.29, 0.717) is 11.3 Å². The topological polar surface area (TPSA) is 81.5 Å². The third-order valence-corrected chi connectivity index (χ3v) is 3.44. The number of carbonyl (C=O) groups is 1. The zero-order chi connectivity index (χ0) is 17.9. The van der Waals surface area contributed by atoms with Gasteiger partial charge in [-0.1, -0.05) is 17.7 Å². The molecule has 2 aromatic rings.